The molecule has 1 saturated heterocycles. The number of likely N-dealkylation sites (N-methyl/N-ethyl adjacent to an activating group) is 1. The van der Waals surface area contributed by atoms with Gasteiger partial charge in [0.1, 0.15) is 23.2 Å². The number of nitrogens with two attached hydrogens (primary N) is 1. The van der Waals surface area contributed by atoms with Gasteiger partial charge in [0, 0.05) is 35.1 Å². The third kappa shape index (κ3) is 3.05. The highest BCUT2D eigenvalue weighted by Gasteiger charge is 2.51. The summed E-state index contributed by atoms with van der Waals surface area (Å²) in [5.74, 6) is 0.122. The van der Waals surface area contributed by atoms with Crippen molar-refractivity contribution < 1.29 is 18.3 Å². The van der Waals surface area contributed by atoms with Crippen LogP contribution in [-0.4, -0.2) is 46.1 Å². The molecule has 0 spiro atoms. The number of hydrogen-bond acceptors (Lipinski definition) is 9. The third-order valence-corrected chi connectivity index (χ3v) is 8.69. The van der Waals surface area contributed by atoms with Crippen LogP contribution in [0.25, 0.3) is 32.2 Å². The molecule has 3 aromatic heterocycles. The summed E-state index contributed by atoms with van der Waals surface area (Å²) in [4.78, 5) is 15.3. The van der Waals surface area contributed by atoms with Crippen molar-refractivity contribution in [1.82, 2.24) is 19.9 Å². The lowest BCUT2D eigenvalue weighted by molar-refractivity contribution is 0.135. The van der Waals surface area contributed by atoms with Gasteiger partial charge in [-0.05, 0) is 36.4 Å². The number of pyridine rings is 1. The number of nitriles is 1. The van der Waals surface area contributed by atoms with Crippen molar-refractivity contribution in [3.8, 4) is 23.3 Å². The average Bonchev–Trinajstić information content (AvgIpc) is 3.17. The van der Waals surface area contributed by atoms with Crippen molar-refractivity contribution in [2.45, 2.75) is 25.7 Å². The smallest absolute Gasteiger partial charge is 0.317 e. The predicted molar refractivity (Wildman–Crippen MR) is 129 cm³/mol. The minimum Gasteiger partial charge on any atom is -0.462 e. The number of nitrogens with zero attached hydrogens (tertiary/aromatic N) is 5. The first kappa shape index (κ1) is 21.8. The Morgan fingerprint density at radius 1 is 1.28 bits per heavy atom. The van der Waals surface area contributed by atoms with Crippen molar-refractivity contribution in [2.24, 2.45) is 11.8 Å². The third-order valence-electron chi connectivity index (χ3n) is 7.67. The summed E-state index contributed by atoms with van der Waals surface area (Å²) >= 11 is 0.943. The molecule has 1 aromatic carbocycles. The van der Waals surface area contributed by atoms with E-state index in [1.165, 1.54) is 6.42 Å². The number of benzene rings is 1. The summed E-state index contributed by atoms with van der Waals surface area (Å²) in [6.07, 6.45) is 3.81. The van der Waals surface area contributed by atoms with Crippen LogP contribution in [0.5, 0.6) is 6.01 Å². The predicted octanol–water partition coefficient (Wildman–Crippen LogP) is 4.00. The van der Waals surface area contributed by atoms with Gasteiger partial charge < -0.3 is 15.2 Å². The van der Waals surface area contributed by atoms with Gasteiger partial charge in [0.05, 0.1) is 35.4 Å². The van der Waals surface area contributed by atoms with Gasteiger partial charge in [-0.1, -0.05) is 0 Å². The van der Waals surface area contributed by atoms with E-state index in [1.54, 1.807) is 6.20 Å². The number of halogens is 2. The molecule has 7 rings (SSSR count). The molecule has 3 aliphatic rings. The lowest BCUT2D eigenvalue weighted by atomic mass is 9.94. The number of aromatic nitrogens is 3. The number of ether oxygens (including phenoxy) is 2. The van der Waals surface area contributed by atoms with E-state index < -0.39 is 11.6 Å². The van der Waals surface area contributed by atoms with Gasteiger partial charge in [-0.2, -0.15) is 10.2 Å². The number of nitrogen functional groups attached to an aromatic ring is 1. The zero-order chi connectivity index (χ0) is 24.7. The van der Waals surface area contributed by atoms with E-state index >= 15 is 4.39 Å². The SMILES string of the molecule is CN1C[C@H]2C[C@H]2[C@H]1COc1ncc2c3c(c(-c4ncc(F)c5sc(N)c(C#N)c45)c(F)c2n1)COC3. The van der Waals surface area contributed by atoms with Crippen molar-refractivity contribution in [2.75, 3.05) is 25.9 Å². The van der Waals surface area contributed by atoms with E-state index in [4.69, 9.17) is 15.2 Å². The Bertz CT molecular complexity index is 1630. The van der Waals surface area contributed by atoms with Crippen molar-refractivity contribution in [3.63, 3.8) is 0 Å². The van der Waals surface area contributed by atoms with Gasteiger partial charge in [0.25, 0.3) is 0 Å². The number of thiophene rings is 1. The van der Waals surface area contributed by atoms with Crippen LogP contribution in [0.1, 0.15) is 23.1 Å². The maximum atomic E-state index is 16.3. The Morgan fingerprint density at radius 2 is 2.11 bits per heavy atom. The number of anilines is 1. The molecule has 2 fully saturated rings. The highest BCUT2D eigenvalue weighted by atomic mass is 32.1. The summed E-state index contributed by atoms with van der Waals surface area (Å²) in [7, 11) is 2.08. The van der Waals surface area contributed by atoms with E-state index in [1.807, 2.05) is 6.07 Å². The van der Waals surface area contributed by atoms with Crippen LogP contribution in [0.15, 0.2) is 12.4 Å². The minimum absolute atomic E-state index is 0.0734. The van der Waals surface area contributed by atoms with Crippen molar-refractivity contribution >= 4 is 37.3 Å². The van der Waals surface area contributed by atoms with Gasteiger partial charge >= 0.3 is 6.01 Å². The Hall–Kier alpha value is -3.46. The summed E-state index contributed by atoms with van der Waals surface area (Å²) in [5, 5.41) is 10.6. The highest BCUT2D eigenvalue weighted by Crippen LogP contribution is 2.49. The Balaban J connectivity index is 1.39. The van der Waals surface area contributed by atoms with E-state index in [0.717, 1.165) is 35.6 Å². The van der Waals surface area contributed by atoms with Crippen LogP contribution in [0.3, 0.4) is 0 Å². The second-order valence-corrected chi connectivity index (χ2v) is 10.7. The fourth-order valence-electron chi connectivity index (χ4n) is 5.80. The van der Waals surface area contributed by atoms with E-state index in [2.05, 4.69) is 26.9 Å². The molecule has 0 amide bonds. The molecule has 182 valence electrons. The molecule has 0 unspecified atom stereocenters. The fourth-order valence-corrected chi connectivity index (χ4v) is 6.72. The molecule has 8 nitrogen and oxygen atoms in total. The molecule has 5 heterocycles. The first-order chi connectivity index (χ1) is 17.5. The standard InChI is InChI=1S/C25H20F2N6O2S/c1-33-6-10-2-11(10)17(33)9-35-25-31-4-13-14-7-34-8-15(14)18(20(27)21(13)32-25)22-19-12(3-28)24(29)36-23(19)16(26)5-30-22/h4-5,10-11,17H,2,6-9,29H2,1H3/t10-,11-,17-/m1/s1. The second-order valence-electron chi connectivity index (χ2n) is 9.64. The molecule has 3 atom stereocenters. The molecule has 1 saturated carbocycles. The monoisotopic (exact) mass is 506 g/mol. The quantitative estimate of drug-likeness (QED) is 0.442. The van der Waals surface area contributed by atoms with Gasteiger partial charge in [0.15, 0.2) is 11.6 Å². The zero-order valence-corrected chi connectivity index (χ0v) is 20.0. The van der Waals surface area contributed by atoms with Crippen LogP contribution >= 0.6 is 11.3 Å². The summed E-state index contributed by atoms with van der Waals surface area (Å²) < 4.78 is 42.6. The van der Waals surface area contributed by atoms with Crippen molar-refractivity contribution in [3.05, 3.63) is 40.7 Å². The Kier molecular flexibility index (Phi) is 4.70. The zero-order valence-electron chi connectivity index (χ0n) is 19.2. The molecule has 0 bridgehead atoms. The first-order valence-electron chi connectivity index (χ1n) is 11.6. The topological polar surface area (TPSA) is 110 Å². The molecule has 11 heteroatoms. The number of likely N-dealkylation sites (tertiary alicyclic amines) is 1. The Labute approximate surface area is 208 Å². The first-order valence-corrected chi connectivity index (χ1v) is 12.5. The lowest BCUT2D eigenvalue weighted by Gasteiger charge is -2.22. The van der Waals surface area contributed by atoms with Gasteiger partial charge in [-0.15, -0.1) is 11.3 Å². The van der Waals surface area contributed by atoms with Crippen LogP contribution < -0.4 is 10.5 Å². The maximum absolute atomic E-state index is 16.3. The lowest BCUT2D eigenvalue weighted by Crippen LogP contribution is -2.34. The largest absolute Gasteiger partial charge is 0.462 e. The molecular formula is C25H20F2N6O2S. The van der Waals surface area contributed by atoms with Crippen LogP contribution in [0.4, 0.5) is 13.8 Å². The Morgan fingerprint density at radius 3 is 2.89 bits per heavy atom. The molecule has 0 radical (unpaired) electrons. The average molecular weight is 507 g/mol. The highest BCUT2D eigenvalue weighted by molar-refractivity contribution is 7.23. The number of piperidine rings is 1. The van der Waals surface area contributed by atoms with Crippen LogP contribution in [0.2, 0.25) is 0 Å². The number of rotatable bonds is 4. The normalized spacial score (nSPS) is 22.7. The van der Waals surface area contributed by atoms with E-state index in [-0.39, 0.29) is 56.6 Å². The molecule has 1 aliphatic carbocycles. The summed E-state index contributed by atoms with van der Waals surface area (Å²) in [5.41, 5.74) is 7.74. The summed E-state index contributed by atoms with van der Waals surface area (Å²) in [6.45, 7) is 1.90. The second kappa shape index (κ2) is 7.77. The fraction of sp³-hybridized carbons (Fsp3) is 0.360. The minimum atomic E-state index is -0.643. The summed E-state index contributed by atoms with van der Waals surface area (Å²) in [6, 6.07) is 2.41. The molecule has 2 N–H and O–H groups in total. The van der Waals surface area contributed by atoms with E-state index in [9.17, 15) is 9.65 Å². The molecule has 36 heavy (non-hydrogen) atoms. The van der Waals surface area contributed by atoms with Crippen LogP contribution in [-0.2, 0) is 18.0 Å². The van der Waals surface area contributed by atoms with Gasteiger partial charge in [-0.3, -0.25) is 9.88 Å². The molecule has 4 aromatic rings. The molecular weight excluding hydrogens is 486 g/mol. The van der Waals surface area contributed by atoms with E-state index in [0.29, 0.717) is 29.5 Å². The number of hydrogen-bond donors (Lipinski definition) is 1. The van der Waals surface area contributed by atoms with Crippen LogP contribution in [0, 0.1) is 34.8 Å². The number of fused-ring (bicyclic) bond motifs is 5. The maximum Gasteiger partial charge on any atom is 0.317 e. The molecule has 2 aliphatic heterocycles. The van der Waals surface area contributed by atoms with Gasteiger partial charge in [-0.25, -0.2) is 13.8 Å². The van der Waals surface area contributed by atoms with Crippen molar-refractivity contribution in [1.29, 1.82) is 5.26 Å². The van der Waals surface area contributed by atoms with Gasteiger partial charge in [0.2, 0.25) is 0 Å².